The number of rotatable bonds is 5. The minimum absolute atomic E-state index is 0.132. The van der Waals surface area contributed by atoms with Gasteiger partial charge in [0.05, 0.1) is 9.82 Å². The van der Waals surface area contributed by atoms with Gasteiger partial charge in [0.15, 0.2) is 0 Å². The minimum atomic E-state index is -0.500. The van der Waals surface area contributed by atoms with Gasteiger partial charge in [-0.25, -0.2) is 4.98 Å². The molecule has 0 N–H and O–H groups in total. The van der Waals surface area contributed by atoms with Crippen molar-refractivity contribution in [2.75, 3.05) is 0 Å². The highest BCUT2D eigenvalue weighted by Gasteiger charge is 2.20. The van der Waals surface area contributed by atoms with Crippen LogP contribution in [0.1, 0.15) is 16.1 Å². The Morgan fingerprint density at radius 1 is 1.00 bits per heavy atom. The molecule has 6 nitrogen and oxygen atoms in total. The molecule has 0 bridgehead atoms. The summed E-state index contributed by atoms with van der Waals surface area (Å²) < 4.78 is 0. The molecule has 0 atom stereocenters. The van der Waals surface area contributed by atoms with Gasteiger partial charge in [0.2, 0.25) is 5.78 Å². The second kappa shape index (κ2) is 7.01. The van der Waals surface area contributed by atoms with Crippen molar-refractivity contribution in [2.45, 2.75) is 9.92 Å². The Balaban J connectivity index is 1.96. The SMILES string of the molecule is O=C(c1ccc(Sc2ccccn2)c([N+](=O)[O-])c1)c1ccccn1. The van der Waals surface area contributed by atoms with Gasteiger partial charge in [-0.15, -0.1) is 0 Å². The van der Waals surface area contributed by atoms with Crippen LogP contribution >= 0.6 is 11.8 Å². The maximum Gasteiger partial charge on any atom is 0.284 e. The number of ketones is 1. The largest absolute Gasteiger partial charge is 0.287 e. The lowest BCUT2D eigenvalue weighted by Crippen LogP contribution is -2.04. The number of carbonyl (C=O) groups is 1. The quantitative estimate of drug-likeness (QED) is 0.400. The summed E-state index contributed by atoms with van der Waals surface area (Å²) in [5, 5.41) is 12.0. The first-order chi connectivity index (χ1) is 11.6. The van der Waals surface area contributed by atoms with Crippen LogP contribution in [-0.2, 0) is 0 Å². The first-order valence-corrected chi connectivity index (χ1v) is 7.80. The van der Waals surface area contributed by atoms with Gasteiger partial charge in [0.25, 0.3) is 5.69 Å². The number of benzene rings is 1. The average Bonchev–Trinajstić information content (AvgIpc) is 2.63. The summed E-state index contributed by atoms with van der Waals surface area (Å²) in [6, 6.07) is 14.7. The van der Waals surface area contributed by atoms with Crippen LogP contribution in [0.25, 0.3) is 0 Å². The van der Waals surface area contributed by atoms with Crippen molar-refractivity contribution in [3.63, 3.8) is 0 Å². The van der Waals surface area contributed by atoms with Crippen LogP contribution in [0.3, 0.4) is 0 Å². The van der Waals surface area contributed by atoms with E-state index in [2.05, 4.69) is 9.97 Å². The second-order valence-electron chi connectivity index (χ2n) is 4.75. The van der Waals surface area contributed by atoms with Crippen molar-refractivity contribution in [2.24, 2.45) is 0 Å². The molecule has 0 aliphatic heterocycles. The van der Waals surface area contributed by atoms with E-state index in [-0.39, 0.29) is 22.7 Å². The first kappa shape index (κ1) is 15.8. The van der Waals surface area contributed by atoms with Crippen molar-refractivity contribution in [3.8, 4) is 0 Å². The fraction of sp³-hybridized carbons (Fsp3) is 0. The maximum absolute atomic E-state index is 12.4. The van der Waals surface area contributed by atoms with E-state index in [0.29, 0.717) is 9.92 Å². The van der Waals surface area contributed by atoms with Gasteiger partial charge in [0, 0.05) is 24.0 Å². The Morgan fingerprint density at radius 2 is 1.75 bits per heavy atom. The lowest BCUT2D eigenvalue weighted by atomic mass is 10.1. The smallest absolute Gasteiger partial charge is 0.284 e. The van der Waals surface area contributed by atoms with E-state index in [4.69, 9.17) is 0 Å². The predicted molar refractivity (Wildman–Crippen MR) is 89.1 cm³/mol. The molecule has 3 rings (SSSR count). The molecule has 0 spiro atoms. The van der Waals surface area contributed by atoms with Crippen LogP contribution < -0.4 is 0 Å². The molecule has 0 aliphatic carbocycles. The standard InChI is InChI=1S/C17H11N3O3S/c21-17(13-5-1-3-9-18-13)12-7-8-15(14(11-12)20(22)23)24-16-6-2-4-10-19-16/h1-11H. The van der Waals surface area contributed by atoms with Gasteiger partial charge in [-0.05, 0) is 36.4 Å². The zero-order chi connectivity index (χ0) is 16.9. The summed E-state index contributed by atoms with van der Waals surface area (Å²) in [6.45, 7) is 0. The number of nitro benzene ring substituents is 1. The normalized spacial score (nSPS) is 10.3. The highest BCUT2D eigenvalue weighted by molar-refractivity contribution is 7.99. The summed E-state index contributed by atoms with van der Waals surface area (Å²) in [7, 11) is 0. The molecule has 0 saturated carbocycles. The molecular weight excluding hydrogens is 326 g/mol. The lowest BCUT2D eigenvalue weighted by molar-refractivity contribution is -0.387. The number of hydrogen-bond acceptors (Lipinski definition) is 6. The summed E-state index contributed by atoms with van der Waals surface area (Å²) in [5.41, 5.74) is 0.343. The molecule has 2 heterocycles. The van der Waals surface area contributed by atoms with Gasteiger partial charge in [-0.1, -0.05) is 23.9 Å². The second-order valence-corrected chi connectivity index (χ2v) is 5.82. The molecule has 3 aromatic rings. The summed E-state index contributed by atoms with van der Waals surface area (Å²) in [6.07, 6.45) is 3.13. The Hall–Kier alpha value is -3.06. The lowest BCUT2D eigenvalue weighted by Gasteiger charge is -2.05. The van der Waals surface area contributed by atoms with Crippen molar-refractivity contribution in [3.05, 3.63) is 88.4 Å². The van der Waals surface area contributed by atoms with E-state index in [0.717, 1.165) is 0 Å². The Morgan fingerprint density at radius 3 is 2.38 bits per heavy atom. The third-order valence-electron chi connectivity index (χ3n) is 3.17. The fourth-order valence-electron chi connectivity index (χ4n) is 2.05. The average molecular weight is 337 g/mol. The van der Waals surface area contributed by atoms with Gasteiger partial charge >= 0.3 is 0 Å². The third kappa shape index (κ3) is 3.47. The highest BCUT2D eigenvalue weighted by atomic mass is 32.2. The number of pyridine rings is 2. The van der Waals surface area contributed by atoms with Crippen LogP contribution in [0.5, 0.6) is 0 Å². The fourth-order valence-corrected chi connectivity index (χ4v) is 2.91. The van der Waals surface area contributed by atoms with Gasteiger partial charge in [-0.3, -0.25) is 19.9 Å². The molecule has 118 valence electrons. The maximum atomic E-state index is 12.4. The topological polar surface area (TPSA) is 86.0 Å². The van der Waals surface area contributed by atoms with E-state index < -0.39 is 4.92 Å². The Bertz CT molecular complexity index is 886. The molecule has 7 heteroatoms. The summed E-state index contributed by atoms with van der Waals surface area (Å²) >= 11 is 1.18. The van der Waals surface area contributed by atoms with E-state index in [1.54, 1.807) is 54.7 Å². The van der Waals surface area contributed by atoms with E-state index in [1.165, 1.54) is 24.0 Å². The predicted octanol–water partition coefficient (Wildman–Crippen LogP) is 3.77. The zero-order valence-corrected chi connectivity index (χ0v) is 13.1. The number of aromatic nitrogens is 2. The van der Waals surface area contributed by atoms with Crippen LogP contribution in [0.15, 0.2) is 76.9 Å². The minimum Gasteiger partial charge on any atom is -0.287 e. The van der Waals surface area contributed by atoms with E-state index in [9.17, 15) is 14.9 Å². The molecule has 0 fully saturated rings. The van der Waals surface area contributed by atoms with Crippen LogP contribution in [0, 0.1) is 10.1 Å². The van der Waals surface area contributed by atoms with E-state index >= 15 is 0 Å². The van der Waals surface area contributed by atoms with Crippen LogP contribution in [0.2, 0.25) is 0 Å². The number of carbonyl (C=O) groups excluding carboxylic acids is 1. The molecular formula is C17H11N3O3S. The van der Waals surface area contributed by atoms with Gasteiger partial charge in [0.1, 0.15) is 10.7 Å². The number of nitro groups is 1. The van der Waals surface area contributed by atoms with Crippen molar-refractivity contribution in [1.82, 2.24) is 9.97 Å². The van der Waals surface area contributed by atoms with Crippen molar-refractivity contribution in [1.29, 1.82) is 0 Å². The third-order valence-corrected chi connectivity index (χ3v) is 4.18. The zero-order valence-electron chi connectivity index (χ0n) is 12.3. The van der Waals surface area contributed by atoms with E-state index in [1.807, 2.05) is 0 Å². The van der Waals surface area contributed by atoms with Crippen molar-refractivity contribution >= 4 is 23.2 Å². The van der Waals surface area contributed by atoms with Crippen molar-refractivity contribution < 1.29 is 9.72 Å². The molecule has 0 radical (unpaired) electrons. The monoisotopic (exact) mass is 337 g/mol. The highest BCUT2D eigenvalue weighted by Crippen LogP contribution is 2.34. The molecule has 0 unspecified atom stereocenters. The van der Waals surface area contributed by atoms with Gasteiger partial charge in [-0.2, -0.15) is 0 Å². The van der Waals surface area contributed by atoms with Crippen LogP contribution in [0.4, 0.5) is 5.69 Å². The first-order valence-electron chi connectivity index (χ1n) is 6.98. The molecule has 0 saturated heterocycles. The Labute approximate surface area is 141 Å². The molecule has 1 aromatic carbocycles. The molecule has 24 heavy (non-hydrogen) atoms. The number of nitrogens with zero attached hydrogens (tertiary/aromatic N) is 3. The molecule has 2 aromatic heterocycles. The molecule has 0 aliphatic rings. The summed E-state index contributed by atoms with van der Waals surface area (Å²) in [4.78, 5) is 31.8. The Kier molecular flexibility index (Phi) is 4.62. The summed E-state index contributed by atoms with van der Waals surface area (Å²) in [5.74, 6) is -0.354. The van der Waals surface area contributed by atoms with Gasteiger partial charge < -0.3 is 0 Å². The molecule has 0 amide bonds. The number of hydrogen-bond donors (Lipinski definition) is 0. The van der Waals surface area contributed by atoms with Crippen LogP contribution in [-0.4, -0.2) is 20.7 Å².